The van der Waals surface area contributed by atoms with Crippen LogP contribution in [0.5, 0.6) is 0 Å². The Morgan fingerprint density at radius 2 is 2.08 bits per heavy atom. The first kappa shape index (κ1) is 8.23. The number of ether oxygens (including phenoxy) is 1. The van der Waals surface area contributed by atoms with Crippen LogP contribution in [0, 0.1) is 5.82 Å². The average molecular weight is 179 g/mol. The molecular weight excluding hydrogens is 169 g/mol. The lowest BCUT2D eigenvalue weighted by atomic mass is 10.2. The van der Waals surface area contributed by atoms with Gasteiger partial charge < -0.3 is 4.74 Å². The van der Waals surface area contributed by atoms with E-state index in [2.05, 4.69) is 4.99 Å². The molecule has 2 nitrogen and oxygen atoms in total. The number of hydrogen-bond acceptors (Lipinski definition) is 2. The third kappa shape index (κ3) is 1.69. The van der Waals surface area contributed by atoms with E-state index >= 15 is 0 Å². The summed E-state index contributed by atoms with van der Waals surface area (Å²) in [6.07, 6.45) is 0. The third-order valence-electron chi connectivity index (χ3n) is 1.89. The molecule has 1 aromatic rings. The largest absolute Gasteiger partial charge is 0.475 e. The molecule has 0 bridgehead atoms. The van der Waals surface area contributed by atoms with Gasteiger partial charge in [-0.05, 0) is 31.2 Å². The van der Waals surface area contributed by atoms with Gasteiger partial charge in [-0.2, -0.15) is 0 Å². The zero-order chi connectivity index (χ0) is 9.26. The van der Waals surface area contributed by atoms with Crippen LogP contribution in [-0.2, 0) is 4.74 Å². The van der Waals surface area contributed by atoms with Gasteiger partial charge in [0, 0.05) is 5.56 Å². The summed E-state index contributed by atoms with van der Waals surface area (Å²) >= 11 is 0. The maximum absolute atomic E-state index is 12.6. The van der Waals surface area contributed by atoms with Gasteiger partial charge in [0.15, 0.2) is 0 Å². The van der Waals surface area contributed by atoms with Crippen LogP contribution in [0.25, 0.3) is 0 Å². The van der Waals surface area contributed by atoms with Crippen molar-refractivity contribution in [1.82, 2.24) is 0 Å². The first-order valence-corrected chi connectivity index (χ1v) is 4.22. The molecule has 0 radical (unpaired) electrons. The summed E-state index contributed by atoms with van der Waals surface area (Å²) in [5.41, 5.74) is 0.839. The number of benzene rings is 1. The van der Waals surface area contributed by atoms with Gasteiger partial charge in [-0.25, -0.2) is 9.38 Å². The van der Waals surface area contributed by atoms with Crippen molar-refractivity contribution in [3.05, 3.63) is 35.6 Å². The van der Waals surface area contributed by atoms with Gasteiger partial charge in [-0.1, -0.05) is 0 Å². The molecule has 68 valence electrons. The van der Waals surface area contributed by atoms with E-state index in [-0.39, 0.29) is 11.9 Å². The standard InChI is InChI=1S/C10H10FNO/c1-7-6-13-10(12-7)8-2-4-9(11)5-3-8/h2-5,7H,6H2,1H3/t7-/m1/s1. The minimum atomic E-state index is -0.240. The molecule has 13 heavy (non-hydrogen) atoms. The summed E-state index contributed by atoms with van der Waals surface area (Å²) in [5.74, 6) is 0.378. The fourth-order valence-electron chi connectivity index (χ4n) is 1.22. The SMILES string of the molecule is C[C@@H]1COC(c2ccc(F)cc2)=N1. The van der Waals surface area contributed by atoms with Crippen LogP contribution in [0.4, 0.5) is 4.39 Å². The molecule has 0 fully saturated rings. The number of nitrogens with zero attached hydrogens (tertiary/aromatic N) is 1. The Hall–Kier alpha value is -1.38. The topological polar surface area (TPSA) is 21.6 Å². The molecule has 0 aliphatic carbocycles. The summed E-state index contributed by atoms with van der Waals surface area (Å²) in [6, 6.07) is 6.37. The maximum atomic E-state index is 12.6. The molecule has 0 saturated carbocycles. The molecule has 0 saturated heterocycles. The Morgan fingerprint density at radius 3 is 2.62 bits per heavy atom. The highest BCUT2D eigenvalue weighted by Gasteiger charge is 2.15. The Kier molecular flexibility index (Phi) is 2.00. The smallest absolute Gasteiger partial charge is 0.216 e. The van der Waals surface area contributed by atoms with Gasteiger partial charge in [-0.3, -0.25) is 0 Å². The van der Waals surface area contributed by atoms with Gasteiger partial charge in [0.1, 0.15) is 12.4 Å². The molecule has 1 aromatic carbocycles. The summed E-state index contributed by atoms with van der Waals surface area (Å²) in [7, 11) is 0. The van der Waals surface area contributed by atoms with Gasteiger partial charge in [0.2, 0.25) is 5.90 Å². The van der Waals surface area contributed by atoms with Gasteiger partial charge in [-0.15, -0.1) is 0 Å². The van der Waals surface area contributed by atoms with Crippen LogP contribution < -0.4 is 0 Å². The normalized spacial score (nSPS) is 21.1. The molecule has 3 heteroatoms. The highest BCUT2D eigenvalue weighted by atomic mass is 19.1. The molecule has 0 N–H and O–H groups in total. The second-order valence-corrected chi connectivity index (χ2v) is 3.10. The van der Waals surface area contributed by atoms with Crippen molar-refractivity contribution in [3.63, 3.8) is 0 Å². The summed E-state index contributed by atoms with van der Waals surface area (Å²) in [5, 5.41) is 0. The minimum absolute atomic E-state index is 0.208. The van der Waals surface area contributed by atoms with Crippen molar-refractivity contribution in [1.29, 1.82) is 0 Å². The van der Waals surface area contributed by atoms with Crippen molar-refractivity contribution in [2.24, 2.45) is 4.99 Å². The molecule has 1 aliphatic heterocycles. The maximum Gasteiger partial charge on any atom is 0.216 e. The lowest BCUT2D eigenvalue weighted by molar-refractivity contribution is 0.324. The van der Waals surface area contributed by atoms with Gasteiger partial charge in [0.05, 0.1) is 6.04 Å². The summed E-state index contributed by atoms with van der Waals surface area (Å²) < 4.78 is 17.9. The first-order chi connectivity index (χ1) is 6.25. The van der Waals surface area contributed by atoms with Crippen LogP contribution in [0.2, 0.25) is 0 Å². The lowest BCUT2D eigenvalue weighted by Crippen LogP contribution is -2.01. The van der Waals surface area contributed by atoms with Crippen LogP contribution in [0.1, 0.15) is 12.5 Å². The lowest BCUT2D eigenvalue weighted by Gasteiger charge is -1.99. The third-order valence-corrected chi connectivity index (χ3v) is 1.89. The molecule has 0 unspecified atom stereocenters. The Labute approximate surface area is 76.1 Å². The van der Waals surface area contributed by atoms with E-state index in [1.807, 2.05) is 6.92 Å². The van der Waals surface area contributed by atoms with E-state index in [0.717, 1.165) is 5.56 Å². The van der Waals surface area contributed by atoms with Crippen LogP contribution in [0.15, 0.2) is 29.3 Å². The van der Waals surface area contributed by atoms with E-state index in [4.69, 9.17) is 4.74 Å². The van der Waals surface area contributed by atoms with Crippen molar-refractivity contribution >= 4 is 5.90 Å². The monoisotopic (exact) mass is 179 g/mol. The fourth-order valence-corrected chi connectivity index (χ4v) is 1.22. The second-order valence-electron chi connectivity index (χ2n) is 3.10. The van der Waals surface area contributed by atoms with E-state index in [0.29, 0.717) is 12.5 Å². The van der Waals surface area contributed by atoms with Crippen molar-refractivity contribution in [3.8, 4) is 0 Å². The molecule has 0 spiro atoms. The predicted molar refractivity (Wildman–Crippen MR) is 48.4 cm³/mol. The summed E-state index contributed by atoms with van der Waals surface area (Å²) in [6.45, 7) is 2.60. The quantitative estimate of drug-likeness (QED) is 0.646. The Morgan fingerprint density at radius 1 is 1.38 bits per heavy atom. The number of hydrogen-bond donors (Lipinski definition) is 0. The van der Waals surface area contributed by atoms with Gasteiger partial charge >= 0.3 is 0 Å². The number of halogens is 1. The minimum Gasteiger partial charge on any atom is -0.475 e. The average Bonchev–Trinajstić information content (AvgIpc) is 2.53. The predicted octanol–water partition coefficient (Wildman–Crippen LogP) is 1.99. The van der Waals surface area contributed by atoms with E-state index in [1.165, 1.54) is 12.1 Å². The van der Waals surface area contributed by atoms with E-state index < -0.39 is 0 Å². The molecule has 0 aromatic heterocycles. The molecule has 0 amide bonds. The second kappa shape index (κ2) is 3.17. The van der Waals surface area contributed by atoms with E-state index in [9.17, 15) is 4.39 Å². The Balaban J connectivity index is 2.26. The van der Waals surface area contributed by atoms with Crippen molar-refractivity contribution in [2.75, 3.05) is 6.61 Å². The van der Waals surface area contributed by atoms with Crippen molar-refractivity contribution in [2.45, 2.75) is 13.0 Å². The van der Waals surface area contributed by atoms with E-state index in [1.54, 1.807) is 12.1 Å². The fraction of sp³-hybridized carbons (Fsp3) is 0.300. The van der Waals surface area contributed by atoms with Crippen LogP contribution in [0.3, 0.4) is 0 Å². The van der Waals surface area contributed by atoms with Crippen LogP contribution in [-0.4, -0.2) is 18.5 Å². The zero-order valence-corrected chi connectivity index (χ0v) is 7.33. The zero-order valence-electron chi connectivity index (χ0n) is 7.33. The Bertz CT molecular complexity index is 331. The number of aliphatic imine (C=N–C) groups is 1. The molecule has 1 heterocycles. The summed E-state index contributed by atoms with van der Waals surface area (Å²) in [4.78, 5) is 4.26. The molecular formula is C10H10FNO. The number of rotatable bonds is 1. The van der Waals surface area contributed by atoms with Crippen LogP contribution >= 0.6 is 0 Å². The highest BCUT2D eigenvalue weighted by molar-refractivity contribution is 5.95. The first-order valence-electron chi connectivity index (χ1n) is 4.22. The van der Waals surface area contributed by atoms with Gasteiger partial charge in [0.25, 0.3) is 0 Å². The molecule has 2 rings (SSSR count). The highest BCUT2D eigenvalue weighted by Crippen LogP contribution is 2.11. The molecule has 1 aliphatic rings. The van der Waals surface area contributed by atoms with Crippen molar-refractivity contribution < 1.29 is 9.13 Å². The molecule has 1 atom stereocenters.